The predicted molar refractivity (Wildman–Crippen MR) is 94.3 cm³/mol. The summed E-state index contributed by atoms with van der Waals surface area (Å²) in [7, 11) is 3.94. The van der Waals surface area contributed by atoms with E-state index in [9.17, 15) is 18.0 Å². The Balaban J connectivity index is 1.76. The molecular weight excluding hydrogens is 347 g/mol. The number of nitrogens with one attached hydrogen (secondary N) is 1. The number of halogens is 3. The number of amides is 1. The Morgan fingerprint density at radius 2 is 1.85 bits per heavy atom. The van der Waals surface area contributed by atoms with Crippen molar-refractivity contribution >= 4 is 11.6 Å². The third kappa shape index (κ3) is 7.21. The number of likely N-dealkylation sites (tertiary alicyclic amines) is 1. The zero-order chi connectivity index (χ0) is 19.2. The summed E-state index contributed by atoms with van der Waals surface area (Å²) in [5.74, 6) is 0.332. The van der Waals surface area contributed by atoms with Crippen LogP contribution in [0.3, 0.4) is 0 Å². The van der Waals surface area contributed by atoms with Gasteiger partial charge in [-0.05, 0) is 64.3 Å². The summed E-state index contributed by atoms with van der Waals surface area (Å²) in [6.45, 7) is 1.06. The first-order valence-corrected chi connectivity index (χ1v) is 8.70. The second kappa shape index (κ2) is 9.23. The normalized spacial score (nSPS) is 16.7. The van der Waals surface area contributed by atoms with Crippen molar-refractivity contribution in [3.63, 3.8) is 0 Å². The van der Waals surface area contributed by atoms with Crippen molar-refractivity contribution in [3.05, 3.63) is 24.3 Å². The molecule has 1 aromatic rings. The van der Waals surface area contributed by atoms with Crippen LogP contribution >= 0.6 is 0 Å². The van der Waals surface area contributed by atoms with Gasteiger partial charge in [0, 0.05) is 18.2 Å². The van der Waals surface area contributed by atoms with Gasteiger partial charge in [-0.2, -0.15) is 13.2 Å². The molecule has 0 saturated carbocycles. The first-order valence-electron chi connectivity index (χ1n) is 8.70. The van der Waals surface area contributed by atoms with Crippen LogP contribution in [0.2, 0.25) is 0 Å². The molecule has 146 valence electrons. The molecular formula is C18H26F3N3O2. The Morgan fingerprint density at radius 3 is 2.38 bits per heavy atom. The largest absolute Gasteiger partial charge is 0.492 e. The highest BCUT2D eigenvalue weighted by atomic mass is 19.4. The molecule has 1 amide bonds. The molecule has 1 heterocycles. The topological polar surface area (TPSA) is 44.8 Å². The molecule has 1 N–H and O–H groups in total. The van der Waals surface area contributed by atoms with Gasteiger partial charge in [0.2, 0.25) is 5.91 Å². The zero-order valence-corrected chi connectivity index (χ0v) is 15.2. The monoisotopic (exact) mass is 373 g/mol. The number of hydrogen-bond donors (Lipinski definition) is 1. The van der Waals surface area contributed by atoms with E-state index in [4.69, 9.17) is 4.74 Å². The Hall–Kier alpha value is -1.80. The SMILES string of the molecule is CN(C)CCOc1ccc(NC(=O)C2CCN(CC(F)(F)F)CC2)cc1. The highest BCUT2D eigenvalue weighted by Gasteiger charge is 2.33. The van der Waals surface area contributed by atoms with Gasteiger partial charge in [0.15, 0.2) is 0 Å². The van der Waals surface area contributed by atoms with Crippen molar-refractivity contribution in [3.8, 4) is 5.75 Å². The molecule has 0 aromatic heterocycles. The summed E-state index contributed by atoms with van der Waals surface area (Å²) < 4.78 is 42.8. The molecule has 0 radical (unpaired) electrons. The van der Waals surface area contributed by atoms with Crippen LogP contribution in [0.1, 0.15) is 12.8 Å². The van der Waals surface area contributed by atoms with Gasteiger partial charge in [0.05, 0.1) is 6.54 Å². The summed E-state index contributed by atoms with van der Waals surface area (Å²) in [5.41, 5.74) is 0.660. The molecule has 1 fully saturated rings. The maximum atomic E-state index is 12.4. The van der Waals surface area contributed by atoms with Crippen molar-refractivity contribution in [1.29, 1.82) is 0 Å². The highest BCUT2D eigenvalue weighted by molar-refractivity contribution is 5.92. The minimum absolute atomic E-state index is 0.141. The Labute approximate surface area is 152 Å². The molecule has 0 bridgehead atoms. The summed E-state index contributed by atoms with van der Waals surface area (Å²) >= 11 is 0. The number of likely N-dealkylation sites (N-methyl/N-ethyl adjacent to an activating group) is 1. The Morgan fingerprint density at radius 1 is 1.23 bits per heavy atom. The first-order chi connectivity index (χ1) is 12.2. The van der Waals surface area contributed by atoms with Crippen LogP contribution in [-0.4, -0.2) is 68.8 Å². The number of anilines is 1. The molecule has 1 aromatic carbocycles. The van der Waals surface area contributed by atoms with Crippen LogP contribution < -0.4 is 10.1 Å². The predicted octanol–water partition coefficient (Wildman–Crippen LogP) is 2.84. The molecule has 5 nitrogen and oxygen atoms in total. The van der Waals surface area contributed by atoms with Crippen molar-refractivity contribution in [2.45, 2.75) is 19.0 Å². The van der Waals surface area contributed by atoms with E-state index in [-0.39, 0.29) is 24.9 Å². The van der Waals surface area contributed by atoms with E-state index in [2.05, 4.69) is 5.32 Å². The van der Waals surface area contributed by atoms with E-state index in [1.165, 1.54) is 4.90 Å². The van der Waals surface area contributed by atoms with Gasteiger partial charge in [-0.1, -0.05) is 0 Å². The number of ether oxygens (including phenoxy) is 1. The first kappa shape index (κ1) is 20.5. The van der Waals surface area contributed by atoms with Gasteiger partial charge < -0.3 is 15.0 Å². The fourth-order valence-corrected chi connectivity index (χ4v) is 2.83. The van der Waals surface area contributed by atoms with Crippen LogP contribution in [0, 0.1) is 5.92 Å². The van der Waals surface area contributed by atoms with Crippen LogP contribution in [0.25, 0.3) is 0 Å². The van der Waals surface area contributed by atoms with Crippen molar-refractivity contribution in [2.75, 3.05) is 52.2 Å². The highest BCUT2D eigenvalue weighted by Crippen LogP contribution is 2.24. The van der Waals surface area contributed by atoms with E-state index >= 15 is 0 Å². The molecule has 1 aliphatic heterocycles. The summed E-state index contributed by atoms with van der Waals surface area (Å²) in [4.78, 5) is 15.7. The molecule has 8 heteroatoms. The Kier molecular flexibility index (Phi) is 7.28. The summed E-state index contributed by atoms with van der Waals surface area (Å²) in [6, 6.07) is 7.11. The average Bonchev–Trinajstić information content (AvgIpc) is 2.55. The number of alkyl halides is 3. The number of piperidine rings is 1. The fraction of sp³-hybridized carbons (Fsp3) is 0.611. The number of carbonyl (C=O) groups excluding carboxylic acids is 1. The lowest BCUT2D eigenvalue weighted by Gasteiger charge is -2.31. The minimum Gasteiger partial charge on any atom is -0.492 e. The lowest BCUT2D eigenvalue weighted by Crippen LogP contribution is -2.42. The summed E-state index contributed by atoms with van der Waals surface area (Å²) in [5, 5.41) is 2.83. The second-order valence-electron chi connectivity index (χ2n) is 6.83. The van der Waals surface area contributed by atoms with Gasteiger partial charge in [0.25, 0.3) is 0 Å². The molecule has 26 heavy (non-hydrogen) atoms. The lowest BCUT2D eigenvalue weighted by atomic mass is 9.96. The van der Waals surface area contributed by atoms with E-state index < -0.39 is 12.7 Å². The second-order valence-corrected chi connectivity index (χ2v) is 6.83. The third-order valence-corrected chi connectivity index (χ3v) is 4.29. The molecule has 0 atom stereocenters. The van der Waals surface area contributed by atoms with Crippen molar-refractivity contribution < 1.29 is 22.7 Å². The van der Waals surface area contributed by atoms with Crippen molar-refractivity contribution in [1.82, 2.24) is 9.80 Å². The van der Waals surface area contributed by atoms with E-state index in [1.807, 2.05) is 19.0 Å². The molecule has 0 aliphatic carbocycles. The lowest BCUT2D eigenvalue weighted by molar-refractivity contribution is -0.149. The van der Waals surface area contributed by atoms with E-state index in [0.29, 0.717) is 25.1 Å². The van der Waals surface area contributed by atoms with E-state index in [1.54, 1.807) is 24.3 Å². The van der Waals surface area contributed by atoms with E-state index in [0.717, 1.165) is 12.3 Å². The minimum atomic E-state index is -4.19. The third-order valence-electron chi connectivity index (χ3n) is 4.29. The molecule has 0 unspecified atom stereocenters. The van der Waals surface area contributed by atoms with Crippen LogP contribution in [0.4, 0.5) is 18.9 Å². The van der Waals surface area contributed by atoms with Crippen LogP contribution in [-0.2, 0) is 4.79 Å². The molecule has 2 rings (SSSR count). The van der Waals surface area contributed by atoms with Gasteiger partial charge in [0.1, 0.15) is 12.4 Å². The number of nitrogens with zero attached hydrogens (tertiary/aromatic N) is 2. The molecule has 1 aliphatic rings. The average molecular weight is 373 g/mol. The number of benzene rings is 1. The van der Waals surface area contributed by atoms with Crippen molar-refractivity contribution in [2.24, 2.45) is 5.92 Å². The standard InChI is InChI=1S/C18H26F3N3O2/c1-23(2)11-12-26-16-5-3-15(4-6-16)22-17(25)14-7-9-24(10-8-14)13-18(19,20)21/h3-6,14H,7-13H2,1-2H3,(H,22,25). The number of hydrogen-bond acceptors (Lipinski definition) is 4. The Bertz CT molecular complexity index is 568. The maximum Gasteiger partial charge on any atom is 0.401 e. The summed E-state index contributed by atoms with van der Waals surface area (Å²) in [6.07, 6.45) is -3.31. The number of carbonyl (C=O) groups is 1. The van der Waals surface area contributed by atoms with Crippen LogP contribution in [0.5, 0.6) is 5.75 Å². The quantitative estimate of drug-likeness (QED) is 0.798. The number of rotatable bonds is 7. The maximum absolute atomic E-state index is 12.4. The van der Waals surface area contributed by atoms with Gasteiger partial charge in [-0.15, -0.1) is 0 Å². The van der Waals surface area contributed by atoms with Gasteiger partial charge in [-0.3, -0.25) is 9.69 Å². The van der Waals surface area contributed by atoms with Gasteiger partial charge in [-0.25, -0.2) is 0 Å². The molecule has 1 saturated heterocycles. The smallest absolute Gasteiger partial charge is 0.401 e. The fourth-order valence-electron chi connectivity index (χ4n) is 2.83. The van der Waals surface area contributed by atoms with Crippen LogP contribution in [0.15, 0.2) is 24.3 Å². The van der Waals surface area contributed by atoms with Gasteiger partial charge >= 0.3 is 6.18 Å². The zero-order valence-electron chi connectivity index (χ0n) is 15.2. The molecule has 0 spiro atoms.